The summed E-state index contributed by atoms with van der Waals surface area (Å²) in [5.41, 5.74) is 0.728. The summed E-state index contributed by atoms with van der Waals surface area (Å²) in [5, 5.41) is 3.21. The van der Waals surface area contributed by atoms with Crippen LogP contribution in [0.25, 0.3) is 0 Å². The topological polar surface area (TPSA) is 43.4 Å². The fraction of sp³-hybridized carbons (Fsp3) is 0.615. The van der Waals surface area contributed by atoms with Gasteiger partial charge in [-0.25, -0.2) is 9.37 Å². The van der Waals surface area contributed by atoms with Crippen LogP contribution in [0.4, 0.5) is 4.39 Å². The molecule has 0 amide bonds. The Kier molecular flexibility index (Phi) is 6.60. The minimum absolute atomic E-state index is 0.113. The van der Waals surface area contributed by atoms with Crippen molar-refractivity contribution in [3.8, 4) is 5.88 Å². The largest absolute Gasteiger partial charge is 0.472 e. The maximum atomic E-state index is 13.2. The predicted octanol–water partition coefficient (Wildman–Crippen LogP) is 2.13. The first kappa shape index (κ1) is 14.9. The van der Waals surface area contributed by atoms with Crippen LogP contribution in [-0.2, 0) is 11.3 Å². The van der Waals surface area contributed by atoms with Crippen molar-refractivity contribution in [2.45, 2.75) is 32.9 Å². The Morgan fingerprint density at radius 2 is 2.28 bits per heavy atom. The Labute approximate surface area is 108 Å². The first-order chi connectivity index (χ1) is 8.67. The second kappa shape index (κ2) is 8.00. The summed E-state index contributed by atoms with van der Waals surface area (Å²) in [6, 6.07) is 1.45. The maximum absolute atomic E-state index is 13.2. The van der Waals surface area contributed by atoms with Crippen LogP contribution in [0.5, 0.6) is 5.88 Å². The number of aromatic nitrogens is 1. The molecular weight excluding hydrogens is 235 g/mol. The van der Waals surface area contributed by atoms with Crippen molar-refractivity contribution in [1.82, 2.24) is 10.3 Å². The van der Waals surface area contributed by atoms with Crippen molar-refractivity contribution < 1.29 is 13.9 Å². The molecule has 4 nitrogen and oxygen atoms in total. The van der Waals surface area contributed by atoms with Crippen LogP contribution in [-0.4, -0.2) is 31.3 Å². The van der Waals surface area contributed by atoms with Gasteiger partial charge in [-0.1, -0.05) is 6.92 Å². The molecule has 1 rings (SSSR count). The lowest BCUT2D eigenvalue weighted by Gasteiger charge is -2.16. The number of hydrogen-bond acceptors (Lipinski definition) is 4. The molecule has 0 saturated carbocycles. The molecule has 0 spiro atoms. The van der Waals surface area contributed by atoms with Crippen LogP contribution in [0.3, 0.4) is 0 Å². The number of rotatable bonds is 8. The summed E-state index contributed by atoms with van der Waals surface area (Å²) in [6.45, 7) is 5.87. The van der Waals surface area contributed by atoms with E-state index in [2.05, 4.69) is 17.2 Å². The van der Waals surface area contributed by atoms with E-state index in [0.717, 1.165) is 24.7 Å². The number of methoxy groups -OCH3 is 1. The second-order valence-electron chi connectivity index (χ2n) is 4.18. The van der Waals surface area contributed by atoms with Crippen molar-refractivity contribution in [2.75, 3.05) is 20.3 Å². The third-order valence-electron chi connectivity index (χ3n) is 2.35. The summed E-state index contributed by atoms with van der Waals surface area (Å²) >= 11 is 0. The molecule has 0 aliphatic rings. The normalized spacial score (nSPS) is 12.4. The van der Waals surface area contributed by atoms with Crippen LogP contribution in [0.15, 0.2) is 12.3 Å². The zero-order valence-electron chi connectivity index (χ0n) is 11.2. The van der Waals surface area contributed by atoms with Crippen molar-refractivity contribution in [1.29, 1.82) is 0 Å². The monoisotopic (exact) mass is 256 g/mol. The first-order valence-corrected chi connectivity index (χ1v) is 6.18. The van der Waals surface area contributed by atoms with E-state index in [1.165, 1.54) is 6.07 Å². The van der Waals surface area contributed by atoms with Gasteiger partial charge in [-0.2, -0.15) is 0 Å². The van der Waals surface area contributed by atoms with Crippen LogP contribution in [0.1, 0.15) is 25.8 Å². The van der Waals surface area contributed by atoms with Gasteiger partial charge in [0.1, 0.15) is 11.9 Å². The van der Waals surface area contributed by atoms with Crippen LogP contribution >= 0.6 is 0 Å². The number of nitrogens with one attached hydrogen (secondary N) is 1. The highest BCUT2D eigenvalue weighted by molar-refractivity contribution is 5.26. The number of ether oxygens (including phenoxy) is 2. The minimum atomic E-state index is -0.352. The highest BCUT2D eigenvalue weighted by Crippen LogP contribution is 2.17. The van der Waals surface area contributed by atoms with Gasteiger partial charge in [0.15, 0.2) is 0 Å². The third kappa shape index (κ3) is 4.98. The molecule has 0 aromatic carbocycles. The average molecular weight is 256 g/mol. The Morgan fingerprint density at radius 3 is 2.94 bits per heavy atom. The smallest absolute Gasteiger partial charge is 0.218 e. The SMILES string of the molecule is CCCNCc1cc(F)cnc1OC(C)COC. The van der Waals surface area contributed by atoms with Gasteiger partial charge in [0.05, 0.1) is 12.8 Å². The summed E-state index contributed by atoms with van der Waals surface area (Å²) in [4.78, 5) is 3.99. The lowest BCUT2D eigenvalue weighted by atomic mass is 10.2. The van der Waals surface area contributed by atoms with Crippen LogP contribution < -0.4 is 10.1 Å². The molecule has 0 saturated heterocycles. The van der Waals surface area contributed by atoms with Crippen molar-refractivity contribution >= 4 is 0 Å². The van der Waals surface area contributed by atoms with E-state index in [1.54, 1.807) is 7.11 Å². The van der Waals surface area contributed by atoms with Crippen LogP contribution in [0.2, 0.25) is 0 Å². The maximum Gasteiger partial charge on any atom is 0.218 e. The van der Waals surface area contributed by atoms with E-state index in [9.17, 15) is 4.39 Å². The molecule has 1 unspecified atom stereocenters. The molecule has 18 heavy (non-hydrogen) atoms. The quantitative estimate of drug-likeness (QED) is 0.724. The third-order valence-corrected chi connectivity index (χ3v) is 2.35. The Morgan fingerprint density at radius 1 is 1.50 bits per heavy atom. The number of halogens is 1. The molecule has 0 fully saturated rings. The Hall–Kier alpha value is -1.20. The van der Waals surface area contributed by atoms with Gasteiger partial charge in [0, 0.05) is 19.2 Å². The van der Waals surface area contributed by atoms with Crippen molar-refractivity contribution in [3.05, 3.63) is 23.6 Å². The van der Waals surface area contributed by atoms with E-state index in [0.29, 0.717) is 19.0 Å². The van der Waals surface area contributed by atoms with E-state index in [4.69, 9.17) is 9.47 Å². The van der Waals surface area contributed by atoms with Gasteiger partial charge >= 0.3 is 0 Å². The lowest BCUT2D eigenvalue weighted by Crippen LogP contribution is -2.21. The van der Waals surface area contributed by atoms with Gasteiger partial charge in [0.25, 0.3) is 0 Å². The molecule has 1 heterocycles. The summed E-state index contributed by atoms with van der Waals surface area (Å²) in [7, 11) is 1.61. The fourth-order valence-corrected chi connectivity index (χ4v) is 1.56. The molecule has 1 aromatic heterocycles. The Bertz CT molecular complexity index is 361. The standard InChI is InChI=1S/C13H21FN2O2/c1-4-5-15-7-11-6-12(14)8-16-13(11)18-10(2)9-17-3/h6,8,10,15H,4-5,7,9H2,1-3H3. The van der Waals surface area contributed by atoms with Gasteiger partial charge in [-0.15, -0.1) is 0 Å². The minimum Gasteiger partial charge on any atom is -0.472 e. The molecule has 5 heteroatoms. The molecular formula is C13H21FN2O2. The zero-order chi connectivity index (χ0) is 13.4. The first-order valence-electron chi connectivity index (χ1n) is 6.18. The summed E-state index contributed by atoms with van der Waals surface area (Å²) < 4.78 is 23.8. The fourth-order valence-electron chi connectivity index (χ4n) is 1.56. The van der Waals surface area contributed by atoms with Crippen LogP contribution in [0, 0.1) is 5.82 Å². The van der Waals surface area contributed by atoms with Gasteiger partial charge in [-0.3, -0.25) is 0 Å². The van der Waals surface area contributed by atoms with E-state index in [1.807, 2.05) is 6.92 Å². The molecule has 1 N–H and O–H groups in total. The Balaban J connectivity index is 2.69. The number of pyridine rings is 1. The summed E-state index contributed by atoms with van der Waals surface area (Å²) in [6.07, 6.45) is 2.08. The highest BCUT2D eigenvalue weighted by atomic mass is 19.1. The van der Waals surface area contributed by atoms with E-state index >= 15 is 0 Å². The molecule has 0 bridgehead atoms. The van der Waals surface area contributed by atoms with Gasteiger partial charge in [-0.05, 0) is 26.0 Å². The second-order valence-corrected chi connectivity index (χ2v) is 4.18. The molecule has 102 valence electrons. The molecule has 0 radical (unpaired) electrons. The average Bonchev–Trinajstić information content (AvgIpc) is 2.33. The summed E-state index contributed by atoms with van der Waals surface area (Å²) in [5.74, 6) is 0.111. The van der Waals surface area contributed by atoms with E-state index < -0.39 is 0 Å². The highest BCUT2D eigenvalue weighted by Gasteiger charge is 2.10. The van der Waals surface area contributed by atoms with E-state index in [-0.39, 0.29) is 11.9 Å². The molecule has 0 aliphatic heterocycles. The number of hydrogen-bond donors (Lipinski definition) is 1. The molecule has 0 aliphatic carbocycles. The molecule has 1 atom stereocenters. The lowest BCUT2D eigenvalue weighted by molar-refractivity contribution is 0.0880. The zero-order valence-corrected chi connectivity index (χ0v) is 11.2. The van der Waals surface area contributed by atoms with Crippen molar-refractivity contribution in [3.63, 3.8) is 0 Å². The van der Waals surface area contributed by atoms with Gasteiger partial charge in [0.2, 0.25) is 5.88 Å². The molecule has 1 aromatic rings. The predicted molar refractivity (Wildman–Crippen MR) is 68.2 cm³/mol. The van der Waals surface area contributed by atoms with Crippen molar-refractivity contribution in [2.24, 2.45) is 0 Å². The van der Waals surface area contributed by atoms with Gasteiger partial charge < -0.3 is 14.8 Å². The number of nitrogens with zero attached hydrogens (tertiary/aromatic N) is 1.